The van der Waals surface area contributed by atoms with Gasteiger partial charge < -0.3 is 66.3 Å². The van der Waals surface area contributed by atoms with E-state index in [0.29, 0.717) is 192 Å². The zero-order valence-corrected chi connectivity index (χ0v) is 69.0. The Bertz CT molecular complexity index is 2410. The van der Waals surface area contributed by atoms with E-state index in [1.165, 1.54) is 79.9 Å². The molecule has 0 spiro atoms. The van der Waals surface area contributed by atoms with E-state index >= 15 is 0 Å². The van der Waals surface area contributed by atoms with Crippen LogP contribution < -0.4 is 0 Å². The van der Waals surface area contributed by atoms with E-state index < -0.39 is 16.1 Å². The maximum atomic E-state index is 5.33. The van der Waals surface area contributed by atoms with E-state index in [1.54, 1.807) is 0 Å². The van der Waals surface area contributed by atoms with Crippen LogP contribution in [0.1, 0.15) is 120 Å². The summed E-state index contributed by atoms with van der Waals surface area (Å²) in [5.41, 5.74) is 14.0. The Morgan fingerprint density at radius 1 is 0.245 bits per heavy atom. The van der Waals surface area contributed by atoms with E-state index in [-0.39, 0.29) is 103 Å². The van der Waals surface area contributed by atoms with Crippen LogP contribution in [0.5, 0.6) is 0 Å². The fraction of sp³-hybridized carbons (Fsp3) is 0.658. The maximum absolute atomic E-state index is 5.33. The molecule has 0 N–H and O–H groups in total. The van der Waals surface area contributed by atoms with Crippen LogP contribution in [0.3, 0.4) is 0 Å². The molecule has 9 rings (SSSR count). The summed E-state index contributed by atoms with van der Waals surface area (Å²) in [7, 11) is -3.93. The quantitative estimate of drug-likeness (QED) is 0.0908. The summed E-state index contributed by atoms with van der Waals surface area (Å²) < 4.78 is 73.8. The van der Waals surface area contributed by atoms with Crippen molar-refractivity contribution >= 4 is 162 Å². The third kappa shape index (κ3) is 30.9. The summed E-state index contributed by atoms with van der Waals surface area (Å²) in [6.45, 7) is 47.0. The van der Waals surface area contributed by atoms with Crippen molar-refractivity contribution in [3.8, 4) is 22.9 Å². The van der Waals surface area contributed by atoms with Crippen LogP contribution in [0.25, 0.3) is 43.1 Å². The molecule has 0 amide bonds. The monoisotopic (exact) mass is 1390 g/mol. The molecule has 5 aromatic rings. The summed E-state index contributed by atoms with van der Waals surface area (Å²) in [4.78, 5) is 0. The molecule has 5 aromatic carbocycles. The van der Waals surface area contributed by atoms with Gasteiger partial charge in [-0.2, -0.15) is 0 Å². The Morgan fingerprint density at radius 3 is 0.521 bits per heavy atom. The SMILES string of the molecule is C1CCOC1.C1CCOC1.C1COCCOCCOCCOCCOCCO1.C1COCCOCCOCCOCCOCCO1.CC(C)[Si](C#Cc1c2cc3ccccc3cc2c(C#C[Si](C(C)C)(C(C)C)C(C)C)c2cc3ccccc3cc12)(C(C)C)C(C)C.[K].[K]. The normalized spacial score (nSPS) is 18.0. The molecule has 14 nitrogen and oxygen atoms in total. The average molecular weight is 1390 g/mol. The molecule has 4 aliphatic rings. The summed E-state index contributed by atoms with van der Waals surface area (Å²) in [5, 5.41) is 9.98. The third-order valence-corrected chi connectivity index (χ3v) is 30.1. The predicted octanol–water partition coefficient (Wildman–Crippen LogP) is 14.5. The molecule has 4 fully saturated rings. The molecule has 18 heteroatoms. The molecule has 0 atom stereocenters. The second-order valence-corrected chi connectivity index (χ2v) is 36.7. The predicted molar refractivity (Wildman–Crippen MR) is 394 cm³/mol. The molecule has 516 valence electrons. The summed E-state index contributed by atoms with van der Waals surface area (Å²) in [5.74, 6) is 7.94. The van der Waals surface area contributed by atoms with Crippen LogP contribution in [0.4, 0.5) is 0 Å². The standard InChI is InChI=1S/C44H54Si2.2C12H24O6.2C4H8O.2K/c1-29(2)45(30(3)4,31(5)6)23-21-39-41-25-35-17-13-15-19-37(35)27-43(41)40(22-24-46(32(7)8,33(9)10)34(11)12)44-28-38-20-16-14-18-36(38)26-42(39)44;2*1-2-14-5-6-16-9-10-18-12-11-17-8-7-15-4-3-13-1;2*1-2-4-5-3-1;;/h13-20,25-34H,1-12H3;2*1-12H2;2*1-4H2;;. The molecule has 4 aliphatic heterocycles. The number of hydrogen-bond acceptors (Lipinski definition) is 14. The number of rotatable bonds is 6. The van der Waals surface area contributed by atoms with Crippen LogP contribution in [0.2, 0.25) is 33.2 Å². The largest absolute Gasteiger partial charge is 0.381 e. The minimum absolute atomic E-state index is 0. The fourth-order valence-electron chi connectivity index (χ4n) is 12.7. The number of benzene rings is 5. The minimum atomic E-state index is -1.97. The van der Waals surface area contributed by atoms with Crippen molar-refractivity contribution in [2.45, 2.75) is 142 Å². The van der Waals surface area contributed by atoms with Gasteiger partial charge in [-0.3, -0.25) is 0 Å². The minimum Gasteiger partial charge on any atom is -0.381 e. The molecular weight excluding hydrogens is 1270 g/mol. The van der Waals surface area contributed by atoms with Gasteiger partial charge in [-0.15, -0.1) is 11.1 Å². The van der Waals surface area contributed by atoms with Crippen molar-refractivity contribution < 1.29 is 66.3 Å². The first-order chi connectivity index (χ1) is 44.7. The smallest absolute Gasteiger partial charge is 0.146 e. The van der Waals surface area contributed by atoms with E-state index in [1.807, 2.05) is 0 Å². The zero-order valence-electron chi connectivity index (χ0n) is 60.7. The molecule has 0 saturated carbocycles. The van der Waals surface area contributed by atoms with E-state index in [2.05, 4.69) is 179 Å². The van der Waals surface area contributed by atoms with Crippen LogP contribution >= 0.6 is 0 Å². The Hall–Kier alpha value is -0.594. The van der Waals surface area contributed by atoms with Crippen LogP contribution in [0, 0.1) is 22.9 Å². The molecule has 4 saturated heterocycles. The van der Waals surface area contributed by atoms with Gasteiger partial charge in [-0.05, 0) is 126 Å². The number of ether oxygens (including phenoxy) is 14. The van der Waals surface area contributed by atoms with E-state index in [0.717, 1.165) is 26.4 Å². The molecule has 0 unspecified atom stereocenters. The molecular formula is C76H118K2O14Si2. The molecule has 0 aromatic heterocycles. The van der Waals surface area contributed by atoms with Gasteiger partial charge in [0.25, 0.3) is 0 Å². The van der Waals surface area contributed by atoms with Crippen LogP contribution in [0.15, 0.2) is 72.8 Å². The number of hydrogen-bond donors (Lipinski definition) is 0. The zero-order chi connectivity index (χ0) is 66.1. The molecule has 4 heterocycles. The number of fused-ring (bicyclic) bond motifs is 4. The van der Waals surface area contributed by atoms with Crippen molar-refractivity contribution in [2.24, 2.45) is 0 Å². The van der Waals surface area contributed by atoms with Gasteiger partial charge in [0, 0.05) is 140 Å². The van der Waals surface area contributed by atoms with Crippen LogP contribution in [-0.2, 0) is 66.3 Å². The summed E-state index contributed by atoms with van der Waals surface area (Å²) >= 11 is 0. The van der Waals surface area contributed by atoms with Gasteiger partial charge in [0.2, 0.25) is 0 Å². The van der Waals surface area contributed by atoms with Crippen LogP contribution in [-0.4, -0.2) is 304 Å². The van der Waals surface area contributed by atoms with E-state index in [9.17, 15) is 0 Å². The Balaban J connectivity index is 0.000000391. The molecule has 94 heavy (non-hydrogen) atoms. The third-order valence-electron chi connectivity index (χ3n) is 17.5. The van der Waals surface area contributed by atoms with Gasteiger partial charge >= 0.3 is 0 Å². The van der Waals surface area contributed by atoms with Crippen molar-refractivity contribution in [3.05, 3.63) is 83.9 Å². The van der Waals surface area contributed by atoms with E-state index in [4.69, 9.17) is 66.3 Å². The Kier molecular flexibility index (Phi) is 48.8. The topological polar surface area (TPSA) is 129 Å². The summed E-state index contributed by atoms with van der Waals surface area (Å²) in [6.07, 6.45) is 5.11. The van der Waals surface area contributed by atoms with Gasteiger partial charge in [0.1, 0.15) is 16.1 Å². The molecule has 2 radical (unpaired) electrons. The van der Waals surface area contributed by atoms with Crippen molar-refractivity contribution in [3.63, 3.8) is 0 Å². The van der Waals surface area contributed by atoms with Crippen molar-refractivity contribution in [2.75, 3.05) is 185 Å². The Labute approximate surface area is 654 Å². The van der Waals surface area contributed by atoms with Gasteiger partial charge in [-0.25, -0.2) is 0 Å². The van der Waals surface area contributed by atoms with Crippen molar-refractivity contribution in [1.29, 1.82) is 0 Å². The first-order valence-corrected chi connectivity index (χ1v) is 39.2. The van der Waals surface area contributed by atoms with Crippen molar-refractivity contribution in [1.82, 2.24) is 0 Å². The second kappa shape index (κ2) is 52.4. The summed E-state index contributed by atoms with van der Waals surface area (Å²) in [6, 6.07) is 27.2. The second-order valence-electron chi connectivity index (χ2n) is 25.5. The van der Waals surface area contributed by atoms with Gasteiger partial charge in [-0.1, -0.05) is 143 Å². The average Bonchev–Trinajstić information content (AvgIpc) is 0.786. The molecule has 0 bridgehead atoms. The first-order valence-electron chi connectivity index (χ1n) is 34.7. The fourth-order valence-corrected chi connectivity index (χ4v) is 23.1. The first kappa shape index (κ1) is 87.6. The van der Waals surface area contributed by atoms with Gasteiger partial charge in [0.05, 0.1) is 159 Å². The molecule has 0 aliphatic carbocycles. The maximum Gasteiger partial charge on any atom is 0.146 e. The van der Waals surface area contributed by atoms with Gasteiger partial charge in [0.15, 0.2) is 0 Å². The Morgan fingerprint density at radius 2 is 0.394 bits per heavy atom.